The molecule has 0 aliphatic heterocycles. The van der Waals surface area contributed by atoms with Crippen molar-refractivity contribution in [2.45, 2.75) is 6.92 Å². The van der Waals surface area contributed by atoms with E-state index < -0.39 is 0 Å². The van der Waals surface area contributed by atoms with Crippen LogP contribution in [0.3, 0.4) is 0 Å². The van der Waals surface area contributed by atoms with Gasteiger partial charge < -0.3 is 5.32 Å². The second-order valence-electron chi connectivity index (χ2n) is 3.91. The third-order valence-corrected chi connectivity index (χ3v) is 2.80. The summed E-state index contributed by atoms with van der Waals surface area (Å²) in [5, 5.41) is 11.1. The largest absolute Gasteiger partial charge is 0.347 e. The molecule has 2 rings (SSSR count). The van der Waals surface area contributed by atoms with Crippen LogP contribution in [0, 0.1) is 6.92 Å². The predicted molar refractivity (Wildman–Crippen MR) is 73.6 cm³/mol. The van der Waals surface area contributed by atoms with Crippen LogP contribution in [0.15, 0.2) is 36.9 Å². The Hall–Kier alpha value is -2.14. The van der Waals surface area contributed by atoms with Gasteiger partial charge in [-0.15, -0.1) is 11.7 Å². The van der Waals surface area contributed by atoms with Gasteiger partial charge in [0.05, 0.1) is 11.4 Å². The number of nitrogens with one attached hydrogen (secondary N) is 1. The molecule has 1 aromatic carbocycles. The van der Waals surface area contributed by atoms with E-state index in [1.165, 1.54) is 0 Å². The van der Waals surface area contributed by atoms with Gasteiger partial charge in [0.2, 0.25) is 0 Å². The number of hydrogen-bond donors (Lipinski definition) is 1. The van der Waals surface area contributed by atoms with Crippen LogP contribution in [0.4, 0.5) is 0 Å². The van der Waals surface area contributed by atoms with Crippen molar-refractivity contribution in [1.82, 2.24) is 20.3 Å². The number of rotatable bonds is 4. The van der Waals surface area contributed by atoms with Crippen molar-refractivity contribution in [3.05, 3.63) is 53.3 Å². The lowest BCUT2D eigenvalue weighted by atomic mass is 10.3. The third-order valence-electron chi connectivity index (χ3n) is 2.57. The first-order chi connectivity index (χ1) is 9.13. The van der Waals surface area contributed by atoms with E-state index in [4.69, 9.17) is 11.6 Å². The summed E-state index contributed by atoms with van der Waals surface area (Å²) in [5.74, 6) is -0.273. The van der Waals surface area contributed by atoms with Crippen molar-refractivity contribution in [2.24, 2.45) is 0 Å². The molecule has 0 radical (unpaired) electrons. The lowest BCUT2D eigenvalue weighted by molar-refractivity contribution is 0.0952. The first-order valence-corrected chi connectivity index (χ1v) is 6.08. The lowest BCUT2D eigenvalue weighted by Crippen LogP contribution is -2.24. The summed E-state index contributed by atoms with van der Waals surface area (Å²) in [6, 6.07) is 7.19. The van der Waals surface area contributed by atoms with Gasteiger partial charge in [0.25, 0.3) is 5.91 Å². The number of halogens is 1. The number of benzene rings is 1. The van der Waals surface area contributed by atoms with E-state index in [9.17, 15) is 4.79 Å². The number of aromatic nitrogens is 3. The molecule has 0 saturated heterocycles. The number of amides is 1. The van der Waals surface area contributed by atoms with Gasteiger partial charge in [-0.05, 0) is 25.1 Å². The Morgan fingerprint density at radius 2 is 2.37 bits per heavy atom. The highest BCUT2D eigenvalue weighted by molar-refractivity contribution is 6.30. The van der Waals surface area contributed by atoms with Gasteiger partial charge in [0.15, 0.2) is 5.69 Å². The minimum Gasteiger partial charge on any atom is -0.347 e. The lowest BCUT2D eigenvalue weighted by Gasteiger charge is -2.04. The van der Waals surface area contributed by atoms with Gasteiger partial charge in [0.1, 0.15) is 0 Å². The highest BCUT2D eigenvalue weighted by Gasteiger charge is 2.16. The molecule has 2 aromatic rings. The summed E-state index contributed by atoms with van der Waals surface area (Å²) < 4.78 is 1.58. The number of nitrogens with zero attached hydrogens (tertiary/aromatic N) is 3. The SMILES string of the molecule is C=CCNC(=O)c1nnn(-c2cccc(Cl)c2)c1C. The molecule has 0 unspecified atom stereocenters. The molecule has 5 nitrogen and oxygen atoms in total. The Labute approximate surface area is 115 Å². The van der Waals surface area contributed by atoms with Gasteiger partial charge in [-0.3, -0.25) is 4.79 Å². The highest BCUT2D eigenvalue weighted by atomic mass is 35.5. The molecule has 0 spiro atoms. The summed E-state index contributed by atoms with van der Waals surface area (Å²) in [5.41, 5.74) is 1.71. The average Bonchev–Trinajstić information content (AvgIpc) is 2.78. The number of carbonyl (C=O) groups excluding carboxylic acids is 1. The van der Waals surface area contributed by atoms with Crippen LogP contribution in [0.25, 0.3) is 5.69 Å². The van der Waals surface area contributed by atoms with E-state index in [2.05, 4.69) is 22.2 Å². The fourth-order valence-corrected chi connectivity index (χ4v) is 1.83. The van der Waals surface area contributed by atoms with Crippen molar-refractivity contribution in [3.63, 3.8) is 0 Å². The van der Waals surface area contributed by atoms with Crippen molar-refractivity contribution in [3.8, 4) is 5.69 Å². The summed E-state index contributed by atoms with van der Waals surface area (Å²) in [6.07, 6.45) is 1.61. The van der Waals surface area contributed by atoms with Crippen LogP contribution in [0.2, 0.25) is 5.02 Å². The maximum absolute atomic E-state index is 11.8. The zero-order valence-corrected chi connectivity index (χ0v) is 11.2. The molecule has 0 atom stereocenters. The minimum absolute atomic E-state index is 0.273. The standard InChI is InChI=1S/C13H13ClN4O/c1-3-7-15-13(19)12-9(2)18(17-16-12)11-6-4-5-10(14)8-11/h3-6,8H,1,7H2,2H3,(H,15,19). The number of hydrogen-bond acceptors (Lipinski definition) is 3. The van der Waals surface area contributed by atoms with E-state index in [1.807, 2.05) is 12.1 Å². The average molecular weight is 277 g/mol. The normalized spacial score (nSPS) is 10.2. The molecular weight excluding hydrogens is 264 g/mol. The molecule has 0 aliphatic rings. The first-order valence-electron chi connectivity index (χ1n) is 5.71. The molecule has 0 bridgehead atoms. The van der Waals surface area contributed by atoms with Crippen LogP contribution in [-0.2, 0) is 0 Å². The Morgan fingerprint density at radius 1 is 1.58 bits per heavy atom. The van der Waals surface area contributed by atoms with Crippen LogP contribution >= 0.6 is 11.6 Å². The van der Waals surface area contributed by atoms with Crippen molar-refractivity contribution >= 4 is 17.5 Å². The van der Waals surface area contributed by atoms with Crippen LogP contribution in [-0.4, -0.2) is 27.4 Å². The molecule has 1 aromatic heterocycles. The smallest absolute Gasteiger partial charge is 0.274 e. The minimum atomic E-state index is -0.273. The molecule has 0 saturated carbocycles. The zero-order chi connectivity index (χ0) is 13.8. The Bertz CT molecular complexity index is 621. The maximum atomic E-state index is 11.8. The van der Waals surface area contributed by atoms with E-state index >= 15 is 0 Å². The summed E-state index contributed by atoms with van der Waals surface area (Å²) in [4.78, 5) is 11.8. The summed E-state index contributed by atoms with van der Waals surface area (Å²) >= 11 is 5.93. The highest BCUT2D eigenvalue weighted by Crippen LogP contribution is 2.16. The van der Waals surface area contributed by atoms with Gasteiger partial charge >= 0.3 is 0 Å². The van der Waals surface area contributed by atoms with Gasteiger partial charge in [-0.1, -0.05) is 29.0 Å². The summed E-state index contributed by atoms with van der Waals surface area (Å²) in [7, 11) is 0. The Balaban J connectivity index is 2.32. The molecule has 1 amide bonds. The zero-order valence-electron chi connectivity index (χ0n) is 10.4. The quantitative estimate of drug-likeness (QED) is 0.871. The third kappa shape index (κ3) is 2.82. The second kappa shape index (κ2) is 5.67. The van der Waals surface area contributed by atoms with E-state index in [0.29, 0.717) is 23.0 Å². The van der Waals surface area contributed by atoms with Crippen molar-refractivity contribution in [1.29, 1.82) is 0 Å². The van der Waals surface area contributed by atoms with Gasteiger partial charge in [-0.2, -0.15) is 0 Å². The molecule has 0 aliphatic carbocycles. The van der Waals surface area contributed by atoms with Crippen LogP contribution < -0.4 is 5.32 Å². The Kier molecular flexibility index (Phi) is 3.97. The fourth-order valence-electron chi connectivity index (χ4n) is 1.64. The fraction of sp³-hybridized carbons (Fsp3) is 0.154. The van der Waals surface area contributed by atoms with E-state index in [1.54, 1.807) is 29.8 Å². The predicted octanol–water partition coefficient (Wildman–Crippen LogP) is 2.14. The second-order valence-corrected chi connectivity index (χ2v) is 4.35. The van der Waals surface area contributed by atoms with Gasteiger partial charge in [0, 0.05) is 11.6 Å². The maximum Gasteiger partial charge on any atom is 0.274 e. The monoisotopic (exact) mass is 276 g/mol. The molecule has 1 heterocycles. The molecule has 1 N–H and O–H groups in total. The molecule has 6 heteroatoms. The molecular formula is C13H13ClN4O. The molecule has 0 fully saturated rings. The van der Waals surface area contributed by atoms with Crippen LogP contribution in [0.5, 0.6) is 0 Å². The molecule has 98 valence electrons. The summed E-state index contributed by atoms with van der Waals surface area (Å²) in [6.45, 7) is 5.71. The van der Waals surface area contributed by atoms with Crippen LogP contribution in [0.1, 0.15) is 16.2 Å². The van der Waals surface area contributed by atoms with Gasteiger partial charge in [-0.25, -0.2) is 4.68 Å². The molecule has 19 heavy (non-hydrogen) atoms. The Morgan fingerprint density at radius 3 is 3.05 bits per heavy atom. The topological polar surface area (TPSA) is 59.8 Å². The first kappa shape index (κ1) is 13.3. The number of carbonyl (C=O) groups is 1. The van der Waals surface area contributed by atoms with Crippen molar-refractivity contribution < 1.29 is 4.79 Å². The van der Waals surface area contributed by atoms with E-state index in [0.717, 1.165) is 5.69 Å². The van der Waals surface area contributed by atoms with E-state index in [-0.39, 0.29) is 5.91 Å². The van der Waals surface area contributed by atoms with Crippen molar-refractivity contribution in [2.75, 3.05) is 6.54 Å².